The zero-order chi connectivity index (χ0) is 24.4. The minimum atomic E-state index is -3.55. The van der Waals surface area contributed by atoms with E-state index in [-0.39, 0.29) is 23.3 Å². The molecule has 1 aromatic rings. The highest BCUT2D eigenvalue weighted by molar-refractivity contribution is 7.89. The van der Waals surface area contributed by atoms with Crippen molar-refractivity contribution in [3.05, 3.63) is 29.6 Å². The van der Waals surface area contributed by atoms with Gasteiger partial charge in [-0.25, -0.2) is 22.3 Å². The maximum Gasteiger partial charge on any atom is 0.324 e. The smallest absolute Gasteiger partial charge is 0.324 e. The molecule has 33 heavy (non-hydrogen) atoms. The van der Waals surface area contributed by atoms with Crippen LogP contribution in [0.15, 0.2) is 18.2 Å². The Kier molecular flexibility index (Phi) is 7.38. The van der Waals surface area contributed by atoms with Gasteiger partial charge in [-0.2, -0.15) is 0 Å². The van der Waals surface area contributed by atoms with Crippen LogP contribution in [0.2, 0.25) is 0 Å². The summed E-state index contributed by atoms with van der Waals surface area (Å²) in [6, 6.07) is 4.11. The Balaban J connectivity index is 1.51. The van der Waals surface area contributed by atoms with Crippen LogP contribution in [-0.2, 0) is 20.4 Å². The summed E-state index contributed by atoms with van der Waals surface area (Å²) < 4.78 is 47.9. The molecule has 0 radical (unpaired) electrons. The van der Waals surface area contributed by atoms with Crippen LogP contribution >= 0.6 is 0 Å². The number of hydrogen-bond acceptors (Lipinski definition) is 5. The standard InChI is InChI=1S/C23H34FN3O5S/c1-16(2)15-32-19-14-17(8-9-18(19)24)23(10-11-23)26-33(30,31)13-7-5-6-12-27-21(29)25-20(28)22(27,3)4/h8-9,14,16,26H,5-7,10-13,15H2,1-4H3,(H,25,28,29). The third kappa shape index (κ3) is 6.03. The van der Waals surface area contributed by atoms with Gasteiger partial charge in [-0.15, -0.1) is 0 Å². The first-order valence-corrected chi connectivity index (χ1v) is 13.1. The average molecular weight is 484 g/mol. The van der Waals surface area contributed by atoms with Crippen LogP contribution in [-0.4, -0.2) is 49.7 Å². The van der Waals surface area contributed by atoms with E-state index in [1.165, 1.54) is 11.0 Å². The Morgan fingerprint density at radius 1 is 1.18 bits per heavy atom. The van der Waals surface area contributed by atoms with Gasteiger partial charge in [-0.3, -0.25) is 10.1 Å². The van der Waals surface area contributed by atoms with Crippen LogP contribution in [0.3, 0.4) is 0 Å². The first kappa shape index (κ1) is 25.4. The van der Waals surface area contributed by atoms with Gasteiger partial charge >= 0.3 is 6.03 Å². The Labute approximate surface area is 195 Å². The van der Waals surface area contributed by atoms with Crippen molar-refractivity contribution in [1.82, 2.24) is 14.9 Å². The van der Waals surface area contributed by atoms with E-state index in [0.717, 1.165) is 0 Å². The highest BCUT2D eigenvalue weighted by Crippen LogP contribution is 2.47. The summed E-state index contributed by atoms with van der Waals surface area (Å²) in [5, 5.41) is 2.30. The van der Waals surface area contributed by atoms with Crippen molar-refractivity contribution < 1.29 is 27.1 Å². The molecular formula is C23H34FN3O5S. The van der Waals surface area contributed by atoms with E-state index in [4.69, 9.17) is 4.74 Å². The fourth-order valence-corrected chi connectivity index (χ4v) is 5.51. The van der Waals surface area contributed by atoms with E-state index in [1.54, 1.807) is 26.0 Å². The fourth-order valence-electron chi connectivity index (χ4n) is 3.91. The molecule has 184 valence electrons. The third-order valence-electron chi connectivity index (χ3n) is 6.15. The van der Waals surface area contributed by atoms with Crippen molar-refractivity contribution in [2.24, 2.45) is 5.92 Å². The molecule has 1 saturated carbocycles. The van der Waals surface area contributed by atoms with E-state index in [2.05, 4.69) is 10.0 Å². The number of ether oxygens (including phenoxy) is 1. The van der Waals surface area contributed by atoms with Crippen LogP contribution in [0.5, 0.6) is 5.75 Å². The number of nitrogens with one attached hydrogen (secondary N) is 2. The van der Waals surface area contributed by atoms with E-state index in [9.17, 15) is 22.4 Å². The number of carbonyl (C=O) groups excluding carboxylic acids is 2. The summed E-state index contributed by atoms with van der Waals surface area (Å²) in [6.45, 7) is 8.08. The number of benzene rings is 1. The number of imide groups is 1. The molecular weight excluding hydrogens is 449 g/mol. The average Bonchev–Trinajstić information content (AvgIpc) is 3.45. The molecule has 3 amide bonds. The minimum Gasteiger partial charge on any atom is -0.490 e. The number of amides is 3. The second-order valence-corrected chi connectivity index (χ2v) is 11.7. The third-order valence-corrected chi connectivity index (χ3v) is 7.68. The van der Waals surface area contributed by atoms with E-state index >= 15 is 0 Å². The molecule has 0 unspecified atom stereocenters. The number of urea groups is 1. The SMILES string of the molecule is CC(C)COc1cc(C2(NS(=O)(=O)CCCCCN3C(=O)NC(=O)C3(C)C)CC2)ccc1F. The number of unbranched alkanes of at least 4 members (excludes halogenated alkanes) is 2. The lowest BCUT2D eigenvalue weighted by atomic mass is 10.0. The fraction of sp³-hybridized carbons (Fsp3) is 0.652. The normalized spacial score (nSPS) is 19.2. The molecule has 0 atom stereocenters. The number of hydrogen-bond donors (Lipinski definition) is 2. The lowest BCUT2D eigenvalue weighted by molar-refractivity contribution is -0.125. The first-order valence-electron chi connectivity index (χ1n) is 11.4. The molecule has 8 nitrogen and oxygen atoms in total. The summed E-state index contributed by atoms with van der Waals surface area (Å²) in [6.07, 6.45) is 2.93. The highest BCUT2D eigenvalue weighted by atomic mass is 32.2. The van der Waals surface area contributed by atoms with E-state index in [0.29, 0.717) is 50.8 Å². The number of carbonyl (C=O) groups is 2. The van der Waals surface area contributed by atoms with Crippen molar-refractivity contribution in [2.75, 3.05) is 18.9 Å². The molecule has 1 heterocycles. The molecule has 1 saturated heterocycles. The quantitative estimate of drug-likeness (QED) is 0.351. The Hall–Kier alpha value is -2.20. The van der Waals surface area contributed by atoms with Gasteiger partial charge in [0.25, 0.3) is 5.91 Å². The largest absolute Gasteiger partial charge is 0.490 e. The maximum absolute atomic E-state index is 14.1. The van der Waals surface area contributed by atoms with Gasteiger partial charge in [0.1, 0.15) is 5.54 Å². The molecule has 3 rings (SSSR count). The lowest BCUT2D eigenvalue weighted by Gasteiger charge is -2.27. The molecule has 10 heteroatoms. The summed E-state index contributed by atoms with van der Waals surface area (Å²) in [5.41, 5.74) is -0.894. The molecule has 1 aliphatic heterocycles. The van der Waals surface area contributed by atoms with Crippen LogP contribution in [0.1, 0.15) is 65.4 Å². The maximum atomic E-state index is 14.1. The lowest BCUT2D eigenvalue weighted by Crippen LogP contribution is -2.44. The predicted octanol–water partition coefficient (Wildman–Crippen LogP) is 3.27. The Morgan fingerprint density at radius 2 is 1.88 bits per heavy atom. The van der Waals surface area contributed by atoms with Gasteiger partial charge in [0.15, 0.2) is 11.6 Å². The summed E-state index contributed by atoms with van der Waals surface area (Å²) >= 11 is 0. The second kappa shape index (κ2) is 9.58. The van der Waals surface area contributed by atoms with Crippen LogP contribution < -0.4 is 14.8 Å². The second-order valence-electron chi connectivity index (χ2n) is 9.88. The molecule has 2 N–H and O–H groups in total. The molecule has 2 fully saturated rings. The summed E-state index contributed by atoms with van der Waals surface area (Å²) in [4.78, 5) is 25.2. The highest BCUT2D eigenvalue weighted by Gasteiger charge is 2.47. The van der Waals surface area contributed by atoms with Crippen molar-refractivity contribution in [3.63, 3.8) is 0 Å². The van der Waals surface area contributed by atoms with Crippen molar-refractivity contribution in [2.45, 2.75) is 70.9 Å². The first-order chi connectivity index (χ1) is 15.4. The Morgan fingerprint density at radius 3 is 2.45 bits per heavy atom. The van der Waals surface area contributed by atoms with Crippen molar-refractivity contribution >= 4 is 22.0 Å². The zero-order valence-corrected chi connectivity index (χ0v) is 20.6. The zero-order valence-electron chi connectivity index (χ0n) is 19.7. The van der Waals surface area contributed by atoms with Gasteiger partial charge in [0.05, 0.1) is 17.9 Å². The molecule has 2 aliphatic rings. The molecule has 0 bridgehead atoms. The van der Waals surface area contributed by atoms with Crippen molar-refractivity contribution in [3.8, 4) is 5.75 Å². The molecule has 1 aromatic carbocycles. The van der Waals surface area contributed by atoms with E-state index in [1.807, 2.05) is 13.8 Å². The monoisotopic (exact) mass is 483 g/mol. The molecule has 0 aromatic heterocycles. The van der Waals surface area contributed by atoms with E-state index < -0.39 is 32.9 Å². The number of nitrogens with zero attached hydrogens (tertiary/aromatic N) is 1. The van der Waals surface area contributed by atoms with Crippen LogP contribution in [0.25, 0.3) is 0 Å². The number of sulfonamides is 1. The summed E-state index contributed by atoms with van der Waals surface area (Å²) in [7, 11) is -3.55. The van der Waals surface area contributed by atoms with Crippen LogP contribution in [0.4, 0.5) is 9.18 Å². The van der Waals surface area contributed by atoms with Gasteiger partial charge in [-0.1, -0.05) is 26.3 Å². The van der Waals surface area contributed by atoms with Gasteiger partial charge in [-0.05, 0) is 63.1 Å². The number of halogens is 1. The number of rotatable bonds is 12. The van der Waals surface area contributed by atoms with Gasteiger partial charge < -0.3 is 9.64 Å². The Bertz CT molecular complexity index is 1010. The topological polar surface area (TPSA) is 105 Å². The van der Waals surface area contributed by atoms with Crippen LogP contribution in [0, 0.1) is 11.7 Å². The van der Waals surface area contributed by atoms with Gasteiger partial charge in [0, 0.05) is 6.54 Å². The van der Waals surface area contributed by atoms with Crippen molar-refractivity contribution in [1.29, 1.82) is 0 Å². The summed E-state index contributed by atoms with van der Waals surface area (Å²) in [5.74, 6) is -0.449. The molecule has 0 spiro atoms. The van der Waals surface area contributed by atoms with Gasteiger partial charge in [0.2, 0.25) is 10.0 Å². The predicted molar refractivity (Wildman–Crippen MR) is 123 cm³/mol. The molecule has 1 aliphatic carbocycles. The minimum absolute atomic E-state index is 0.0405.